The number of nitrogens with zero attached hydrogens (tertiary/aromatic N) is 3. The largest absolute Gasteiger partial charge is 0.392 e. The van der Waals surface area contributed by atoms with Crippen LogP contribution in [0.1, 0.15) is 34.1 Å². The van der Waals surface area contributed by atoms with Gasteiger partial charge in [0.05, 0.1) is 23.0 Å². The van der Waals surface area contributed by atoms with Crippen LogP contribution in [0.4, 0.5) is 33.5 Å². The molecule has 1 aromatic carbocycles. The summed E-state index contributed by atoms with van der Waals surface area (Å²) < 4.78 is 91.8. The number of benzene rings is 1. The van der Waals surface area contributed by atoms with Crippen LogP contribution in [0.3, 0.4) is 0 Å². The molecule has 10 nitrogen and oxygen atoms in total. The lowest BCUT2D eigenvalue weighted by atomic mass is 9.85. The van der Waals surface area contributed by atoms with Crippen LogP contribution >= 0.6 is 0 Å². The highest BCUT2D eigenvalue weighted by Gasteiger charge is 2.44. The molecule has 0 spiro atoms. The molecule has 17 heteroatoms. The minimum Gasteiger partial charge on any atom is -0.388 e. The summed E-state index contributed by atoms with van der Waals surface area (Å²) in [6.07, 6.45) is -5.06. The van der Waals surface area contributed by atoms with E-state index in [1.165, 1.54) is 17.8 Å². The molecule has 2 atom stereocenters. The number of fused-ring (bicyclic) bond motifs is 1. The number of pyridine rings is 1. The molecule has 53 heavy (non-hydrogen) atoms. The lowest BCUT2D eigenvalue weighted by Crippen LogP contribution is -2.32. The fraction of sp³-hybridized carbons (Fsp3) is 0.528. The van der Waals surface area contributed by atoms with Crippen LogP contribution < -0.4 is 16.0 Å². The second-order valence-corrected chi connectivity index (χ2v) is 26.7. The standard InChI is InChI=1S/C36H51F5N6O4Si2/c1-42-27-12-10-9-11-24(27)21-44-33-31-29(47(46-32(31)34(48)43-2)22-49-13-15-52(3,4)5)18-28(45-33)26-17-30(37)35(38,19-25(26)20-36(39,40)41)51-23-50-14-16-53(6,7)8/h9-12,17-19,26,42H,13-16,20-23H2,1-8H3,(H,43,48)(H,44,45). The number of alkyl halides is 4. The first kappa shape index (κ1) is 42.1. The number of ether oxygens (including phenoxy) is 3. The van der Waals surface area contributed by atoms with Crippen LogP contribution in [-0.2, 0) is 27.5 Å². The highest BCUT2D eigenvalue weighted by Crippen LogP contribution is 2.45. The first-order valence-electron chi connectivity index (χ1n) is 17.5. The van der Waals surface area contributed by atoms with E-state index in [2.05, 4.69) is 65.3 Å². The Morgan fingerprint density at radius 1 is 1.02 bits per heavy atom. The Morgan fingerprint density at radius 3 is 2.30 bits per heavy atom. The molecule has 0 saturated carbocycles. The van der Waals surface area contributed by atoms with Crippen molar-refractivity contribution in [2.45, 2.75) is 89.0 Å². The second kappa shape index (κ2) is 17.2. The van der Waals surface area contributed by atoms with Gasteiger partial charge < -0.3 is 30.2 Å². The van der Waals surface area contributed by atoms with E-state index in [0.717, 1.165) is 29.4 Å². The van der Waals surface area contributed by atoms with Crippen molar-refractivity contribution in [3.63, 3.8) is 0 Å². The maximum Gasteiger partial charge on any atom is 0.392 e. The van der Waals surface area contributed by atoms with Gasteiger partial charge in [-0.1, -0.05) is 57.5 Å². The predicted molar refractivity (Wildman–Crippen MR) is 203 cm³/mol. The Kier molecular flexibility index (Phi) is 13.7. The maximum absolute atomic E-state index is 16.0. The summed E-state index contributed by atoms with van der Waals surface area (Å²) in [5.74, 6) is -6.59. The molecule has 2 heterocycles. The molecule has 4 rings (SSSR count). The summed E-state index contributed by atoms with van der Waals surface area (Å²) in [6, 6.07) is 10.5. The molecular weight excluding hydrogens is 732 g/mol. The number of amides is 1. The van der Waals surface area contributed by atoms with Crippen molar-refractivity contribution in [3.8, 4) is 0 Å². The number of anilines is 2. The minimum atomic E-state index is -4.78. The van der Waals surface area contributed by atoms with E-state index < -0.39 is 64.6 Å². The molecule has 2 unspecified atom stereocenters. The van der Waals surface area contributed by atoms with Gasteiger partial charge in [-0.25, -0.2) is 14.1 Å². The maximum atomic E-state index is 16.0. The highest BCUT2D eigenvalue weighted by molar-refractivity contribution is 6.76. The van der Waals surface area contributed by atoms with Gasteiger partial charge in [-0.15, -0.1) is 0 Å². The van der Waals surface area contributed by atoms with Crippen LogP contribution in [0.2, 0.25) is 51.4 Å². The van der Waals surface area contributed by atoms with Crippen molar-refractivity contribution < 1.29 is 41.0 Å². The summed E-state index contributed by atoms with van der Waals surface area (Å²) in [6.45, 7) is 13.1. The van der Waals surface area contributed by atoms with Crippen LogP contribution in [0.5, 0.6) is 0 Å². The molecule has 3 aromatic rings. The molecule has 1 aliphatic carbocycles. The molecule has 292 valence electrons. The van der Waals surface area contributed by atoms with E-state index in [1.807, 2.05) is 24.3 Å². The number of nitrogens with one attached hydrogen (secondary N) is 3. The van der Waals surface area contributed by atoms with Gasteiger partial charge in [0.25, 0.3) is 11.8 Å². The zero-order valence-electron chi connectivity index (χ0n) is 31.6. The lowest BCUT2D eigenvalue weighted by Gasteiger charge is -2.30. The topological polar surface area (TPSA) is 112 Å². The second-order valence-electron chi connectivity index (χ2n) is 15.5. The van der Waals surface area contributed by atoms with Crippen molar-refractivity contribution in [1.29, 1.82) is 0 Å². The Bertz CT molecular complexity index is 1810. The van der Waals surface area contributed by atoms with Gasteiger partial charge in [-0.3, -0.25) is 4.79 Å². The zero-order chi connectivity index (χ0) is 39.2. The third kappa shape index (κ3) is 11.7. The number of carbonyl (C=O) groups is 1. The highest BCUT2D eigenvalue weighted by atomic mass is 28.3. The van der Waals surface area contributed by atoms with E-state index in [0.29, 0.717) is 18.2 Å². The summed E-state index contributed by atoms with van der Waals surface area (Å²) >= 11 is 0. The summed E-state index contributed by atoms with van der Waals surface area (Å²) in [7, 11) is 0.259. The van der Waals surface area contributed by atoms with E-state index >= 15 is 8.78 Å². The molecule has 0 fully saturated rings. The van der Waals surface area contributed by atoms with E-state index in [9.17, 15) is 18.0 Å². The van der Waals surface area contributed by atoms with E-state index in [4.69, 9.17) is 14.2 Å². The SMILES string of the molecule is CNC(=O)c1nn(COCC[Si](C)(C)C)c2cc(C3C=C(F)C(F)(OCOCC[Si](C)(C)C)C=C3CC(F)(F)F)nc(NCc3ccccc3NC)c12. The van der Waals surface area contributed by atoms with Crippen LogP contribution in [0, 0.1) is 0 Å². The Hall–Kier alpha value is -3.65. The van der Waals surface area contributed by atoms with E-state index in [1.54, 1.807) is 7.05 Å². The first-order chi connectivity index (χ1) is 24.7. The number of carbonyl (C=O) groups excluding carboxylic acids is 1. The van der Waals surface area contributed by atoms with Crippen LogP contribution in [0.25, 0.3) is 10.9 Å². The molecule has 1 aliphatic rings. The third-order valence-electron chi connectivity index (χ3n) is 8.62. The molecule has 0 saturated heterocycles. The Labute approximate surface area is 309 Å². The molecule has 2 aromatic heterocycles. The van der Waals surface area contributed by atoms with Crippen molar-refractivity contribution in [3.05, 3.63) is 70.8 Å². The fourth-order valence-corrected chi connectivity index (χ4v) is 7.12. The van der Waals surface area contributed by atoms with Crippen LogP contribution in [0.15, 0.2) is 53.9 Å². The lowest BCUT2D eigenvalue weighted by molar-refractivity contribution is -0.168. The van der Waals surface area contributed by atoms with E-state index in [-0.39, 0.29) is 42.5 Å². The van der Waals surface area contributed by atoms with Gasteiger partial charge in [0.15, 0.2) is 18.3 Å². The van der Waals surface area contributed by atoms with Gasteiger partial charge in [0.1, 0.15) is 12.5 Å². The minimum absolute atomic E-state index is 0.00137. The number of hydrogen-bond acceptors (Lipinski definition) is 8. The van der Waals surface area contributed by atoms with Crippen molar-refractivity contribution in [2.75, 3.05) is 44.7 Å². The molecule has 0 aliphatic heterocycles. The molecule has 3 N–H and O–H groups in total. The number of halogens is 5. The monoisotopic (exact) mass is 782 g/mol. The molecule has 1 amide bonds. The quantitative estimate of drug-likeness (QED) is 0.0387. The van der Waals surface area contributed by atoms with Crippen molar-refractivity contribution in [2.24, 2.45) is 0 Å². The fourth-order valence-electron chi connectivity index (χ4n) is 5.61. The normalized spacial score (nSPS) is 18.2. The number of allylic oxidation sites excluding steroid dienone is 2. The van der Waals surface area contributed by atoms with Gasteiger partial charge in [0.2, 0.25) is 0 Å². The zero-order valence-corrected chi connectivity index (χ0v) is 33.6. The van der Waals surface area contributed by atoms with Gasteiger partial charge in [-0.2, -0.15) is 22.7 Å². The molecule has 0 bridgehead atoms. The van der Waals surface area contributed by atoms with Crippen molar-refractivity contribution in [1.82, 2.24) is 20.1 Å². The van der Waals surface area contributed by atoms with Crippen LogP contribution in [-0.4, -0.2) is 83.0 Å². The molecule has 0 radical (unpaired) electrons. The number of rotatable bonds is 18. The smallest absolute Gasteiger partial charge is 0.388 e. The Balaban J connectivity index is 1.82. The van der Waals surface area contributed by atoms with Gasteiger partial charge >= 0.3 is 6.18 Å². The summed E-state index contributed by atoms with van der Waals surface area (Å²) in [5.41, 5.74) is 1.39. The third-order valence-corrected chi connectivity index (χ3v) is 12.0. The number of aromatic nitrogens is 3. The first-order valence-corrected chi connectivity index (χ1v) is 24.9. The average Bonchev–Trinajstić information content (AvgIpc) is 3.43. The Morgan fingerprint density at radius 2 is 1.68 bits per heavy atom. The predicted octanol–water partition coefficient (Wildman–Crippen LogP) is 8.58. The van der Waals surface area contributed by atoms with Gasteiger partial charge in [0, 0.05) is 61.6 Å². The number of hydrogen-bond donors (Lipinski definition) is 3. The van der Waals surface area contributed by atoms with Gasteiger partial charge in [-0.05, 0) is 47.5 Å². The average molecular weight is 783 g/mol. The number of para-hydroxylation sites is 1. The van der Waals surface area contributed by atoms with Crippen molar-refractivity contribution >= 4 is 44.5 Å². The summed E-state index contributed by atoms with van der Waals surface area (Å²) in [4.78, 5) is 17.9. The molecular formula is C36H51F5N6O4Si2. The summed E-state index contributed by atoms with van der Waals surface area (Å²) in [5, 5.41) is 13.7.